The van der Waals surface area contributed by atoms with Crippen molar-refractivity contribution >= 4 is 11.7 Å². The fourth-order valence-corrected chi connectivity index (χ4v) is 4.17. The number of para-hydroxylation sites is 1. The number of carbonyl (C=O) groups excluding carboxylic acids is 1. The summed E-state index contributed by atoms with van der Waals surface area (Å²) in [5.74, 6) is -0.299. The Morgan fingerprint density at radius 3 is 2.45 bits per heavy atom. The Kier molecular flexibility index (Phi) is 4.79. The first-order valence-electron chi connectivity index (χ1n) is 10.3. The molecule has 3 aromatic carbocycles. The predicted molar refractivity (Wildman–Crippen MR) is 120 cm³/mol. The number of anilines is 1. The third-order valence-electron chi connectivity index (χ3n) is 5.71. The molecular formula is C26H22FN3O. The fourth-order valence-electron chi connectivity index (χ4n) is 4.17. The monoisotopic (exact) mass is 411 g/mol. The molecule has 5 heteroatoms. The van der Waals surface area contributed by atoms with E-state index < -0.39 is 0 Å². The molecule has 1 N–H and O–H groups in total. The number of hydrogen-bond donors (Lipinski definition) is 1. The average molecular weight is 411 g/mol. The molecule has 2 amide bonds. The molecule has 1 aliphatic rings. The van der Waals surface area contributed by atoms with Crippen molar-refractivity contribution < 1.29 is 9.18 Å². The minimum absolute atomic E-state index is 0.206. The van der Waals surface area contributed by atoms with Gasteiger partial charge in [-0.3, -0.25) is 0 Å². The number of carbonyl (C=O) groups is 1. The maximum atomic E-state index is 13.7. The van der Waals surface area contributed by atoms with Gasteiger partial charge in [0.2, 0.25) is 0 Å². The van der Waals surface area contributed by atoms with Gasteiger partial charge in [-0.2, -0.15) is 0 Å². The summed E-state index contributed by atoms with van der Waals surface area (Å²) in [5, 5.41) is 3.04. The Labute approximate surface area is 180 Å². The van der Waals surface area contributed by atoms with Crippen molar-refractivity contribution in [3.63, 3.8) is 0 Å². The molecule has 4 nitrogen and oxygen atoms in total. The summed E-state index contributed by atoms with van der Waals surface area (Å²) in [7, 11) is 0. The summed E-state index contributed by atoms with van der Waals surface area (Å²) in [5.41, 5.74) is 5.76. The van der Waals surface area contributed by atoms with Crippen molar-refractivity contribution in [1.29, 1.82) is 0 Å². The second-order valence-corrected chi connectivity index (χ2v) is 7.81. The molecule has 31 heavy (non-hydrogen) atoms. The zero-order valence-corrected chi connectivity index (χ0v) is 17.1. The Balaban J connectivity index is 1.62. The zero-order chi connectivity index (χ0) is 21.4. The number of amides is 2. The van der Waals surface area contributed by atoms with Crippen molar-refractivity contribution in [2.45, 2.75) is 19.5 Å². The highest BCUT2D eigenvalue weighted by atomic mass is 19.1. The van der Waals surface area contributed by atoms with E-state index in [2.05, 4.69) is 16.0 Å². The van der Waals surface area contributed by atoms with Crippen LogP contribution in [0.5, 0.6) is 0 Å². The minimum atomic E-state index is -0.367. The molecule has 1 aromatic heterocycles. The minimum Gasteiger partial charge on any atom is -0.318 e. The lowest BCUT2D eigenvalue weighted by Crippen LogP contribution is -2.37. The third-order valence-corrected chi connectivity index (χ3v) is 5.71. The van der Waals surface area contributed by atoms with E-state index in [1.807, 2.05) is 72.6 Å². The lowest BCUT2D eigenvalue weighted by molar-refractivity contribution is 0.194. The smallest absolute Gasteiger partial charge is 0.318 e. The molecule has 0 bridgehead atoms. The van der Waals surface area contributed by atoms with Crippen molar-refractivity contribution in [2.24, 2.45) is 0 Å². The molecule has 154 valence electrons. The van der Waals surface area contributed by atoms with Gasteiger partial charge in [0, 0.05) is 17.6 Å². The number of halogens is 1. The molecule has 1 atom stereocenters. The van der Waals surface area contributed by atoms with Crippen LogP contribution in [0, 0.1) is 12.7 Å². The Morgan fingerprint density at radius 2 is 1.68 bits per heavy atom. The lowest BCUT2D eigenvalue weighted by atomic mass is 10.0. The van der Waals surface area contributed by atoms with Crippen LogP contribution in [0.3, 0.4) is 0 Å². The summed E-state index contributed by atoms with van der Waals surface area (Å²) in [6.07, 6.45) is 2.01. The average Bonchev–Trinajstić information content (AvgIpc) is 3.20. The standard InChI is InChI=1S/C26H22FN3O/c1-18-8-14-22(15-9-18)28-26(31)30-17-20-5-2-3-6-23(20)29-16-4-7-24(29)25(30)19-10-12-21(27)13-11-19/h2-16,25H,17H2,1H3,(H,28,31). The lowest BCUT2D eigenvalue weighted by Gasteiger charge is -2.31. The predicted octanol–water partition coefficient (Wildman–Crippen LogP) is 6.06. The molecule has 0 saturated heterocycles. The molecule has 5 rings (SSSR count). The van der Waals surface area contributed by atoms with E-state index in [4.69, 9.17) is 0 Å². The molecule has 0 radical (unpaired) electrons. The highest BCUT2D eigenvalue weighted by Crippen LogP contribution is 2.37. The van der Waals surface area contributed by atoms with Gasteiger partial charge in [0.25, 0.3) is 0 Å². The highest BCUT2D eigenvalue weighted by molar-refractivity contribution is 5.90. The van der Waals surface area contributed by atoms with Crippen molar-refractivity contribution in [1.82, 2.24) is 9.47 Å². The number of aromatic nitrogens is 1. The normalized spacial score (nSPS) is 15.0. The van der Waals surface area contributed by atoms with E-state index in [0.717, 1.165) is 33.8 Å². The van der Waals surface area contributed by atoms with Crippen LogP contribution < -0.4 is 5.32 Å². The first-order valence-corrected chi connectivity index (χ1v) is 10.3. The van der Waals surface area contributed by atoms with Crippen LogP contribution in [0.25, 0.3) is 5.69 Å². The summed E-state index contributed by atoms with van der Waals surface area (Å²) < 4.78 is 15.8. The second-order valence-electron chi connectivity index (χ2n) is 7.81. The number of nitrogens with zero attached hydrogens (tertiary/aromatic N) is 2. The number of rotatable bonds is 2. The van der Waals surface area contributed by atoms with Gasteiger partial charge in [-0.25, -0.2) is 9.18 Å². The fraction of sp³-hybridized carbons (Fsp3) is 0.115. The zero-order valence-electron chi connectivity index (χ0n) is 17.1. The van der Waals surface area contributed by atoms with Crippen molar-refractivity contribution in [2.75, 3.05) is 5.32 Å². The Hall–Kier alpha value is -3.86. The second kappa shape index (κ2) is 7.76. The van der Waals surface area contributed by atoms with E-state index in [1.165, 1.54) is 12.1 Å². The highest BCUT2D eigenvalue weighted by Gasteiger charge is 2.33. The molecule has 0 fully saturated rings. The topological polar surface area (TPSA) is 37.3 Å². The van der Waals surface area contributed by atoms with Gasteiger partial charge in [-0.15, -0.1) is 0 Å². The van der Waals surface area contributed by atoms with Crippen LogP contribution in [0.1, 0.15) is 28.4 Å². The van der Waals surface area contributed by atoms with Gasteiger partial charge in [0.15, 0.2) is 0 Å². The van der Waals surface area contributed by atoms with Gasteiger partial charge in [-0.1, -0.05) is 48.0 Å². The van der Waals surface area contributed by atoms with Gasteiger partial charge >= 0.3 is 6.03 Å². The largest absolute Gasteiger partial charge is 0.322 e. The van der Waals surface area contributed by atoms with Crippen molar-refractivity contribution in [3.8, 4) is 5.69 Å². The summed E-state index contributed by atoms with van der Waals surface area (Å²) in [6.45, 7) is 2.44. The van der Waals surface area contributed by atoms with Gasteiger partial charge in [0.05, 0.1) is 18.3 Å². The number of urea groups is 1. The molecule has 0 saturated carbocycles. The number of hydrogen-bond acceptors (Lipinski definition) is 1. The molecule has 2 heterocycles. The molecule has 1 unspecified atom stereocenters. The quantitative estimate of drug-likeness (QED) is 0.428. The Bertz CT molecular complexity index is 1230. The number of aryl methyl sites for hydroxylation is 1. The van der Waals surface area contributed by atoms with Crippen LogP contribution in [-0.4, -0.2) is 15.5 Å². The van der Waals surface area contributed by atoms with Crippen LogP contribution in [0.15, 0.2) is 91.1 Å². The van der Waals surface area contributed by atoms with E-state index in [1.54, 1.807) is 12.1 Å². The number of benzene rings is 3. The maximum Gasteiger partial charge on any atom is 0.322 e. The van der Waals surface area contributed by atoms with Crippen molar-refractivity contribution in [3.05, 3.63) is 119 Å². The third kappa shape index (κ3) is 3.59. The molecule has 1 aliphatic heterocycles. The first-order chi connectivity index (χ1) is 15.1. The molecule has 0 spiro atoms. The van der Waals surface area contributed by atoms with E-state index in [0.29, 0.717) is 6.54 Å². The van der Waals surface area contributed by atoms with Gasteiger partial charge < -0.3 is 14.8 Å². The van der Waals surface area contributed by atoms with Gasteiger partial charge in [-0.05, 0) is 60.5 Å². The van der Waals surface area contributed by atoms with Crippen LogP contribution >= 0.6 is 0 Å². The molecular weight excluding hydrogens is 389 g/mol. The van der Waals surface area contributed by atoms with E-state index in [-0.39, 0.29) is 17.9 Å². The SMILES string of the molecule is Cc1ccc(NC(=O)N2Cc3ccccc3-n3cccc3C2c2ccc(F)cc2)cc1. The maximum absolute atomic E-state index is 13.7. The van der Waals surface area contributed by atoms with Gasteiger partial charge in [0.1, 0.15) is 5.82 Å². The first kappa shape index (κ1) is 19.1. The molecule has 4 aromatic rings. The summed E-state index contributed by atoms with van der Waals surface area (Å²) >= 11 is 0. The number of fused-ring (bicyclic) bond motifs is 3. The van der Waals surface area contributed by atoms with Crippen LogP contribution in [0.2, 0.25) is 0 Å². The Morgan fingerprint density at radius 1 is 0.935 bits per heavy atom. The van der Waals surface area contributed by atoms with E-state index >= 15 is 0 Å². The van der Waals surface area contributed by atoms with Crippen LogP contribution in [-0.2, 0) is 6.54 Å². The number of nitrogens with one attached hydrogen (secondary N) is 1. The molecule has 0 aliphatic carbocycles. The summed E-state index contributed by atoms with van der Waals surface area (Å²) in [4.78, 5) is 15.3. The van der Waals surface area contributed by atoms with Crippen LogP contribution in [0.4, 0.5) is 14.9 Å². The van der Waals surface area contributed by atoms with E-state index in [9.17, 15) is 9.18 Å². The summed E-state index contributed by atoms with van der Waals surface area (Å²) in [6, 6.07) is 25.6.